The molecule has 172 valence electrons. The molecule has 1 aliphatic rings. The van der Waals surface area contributed by atoms with Crippen molar-refractivity contribution in [1.29, 1.82) is 0 Å². The van der Waals surface area contributed by atoms with Gasteiger partial charge in [-0.3, -0.25) is 9.69 Å². The van der Waals surface area contributed by atoms with Crippen molar-refractivity contribution < 1.29 is 9.53 Å². The van der Waals surface area contributed by atoms with Gasteiger partial charge in [0.25, 0.3) is 5.91 Å². The Morgan fingerprint density at radius 1 is 0.879 bits per heavy atom. The van der Waals surface area contributed by atoms with Crippen molar-refractivity contribution in [1.82, 2.24) is 9.80 Å². The summed E-state index contributed by atoms with van der Waals surface area (Å²) < 4.78 is 5.94. The van der Waals surface area contributed by atoms with Crippen LogP contribution < -0.4 is 4.74 Å². The van der Waals surface area contributed by atoms with E-state index in [4.69, 9.17) is 39.5 Å². The van der Waals surface area contributed by atoms with Crippen LogP contribution in [0, 0.1) is 6.92 Å². The fourth-order valence-electron chi connectivity index (χ4n) is 3.92. The number of halogens is 3. The number of amides is 1. The van der Waals surface area contributed by atoms with Gasteiger partial charge in [-0.25, -0.2) is 0 Å². The first-order chi connectivity index (χ1) is 15.9. The molecule has 1 amide bonds. The highest BCUT2D eigenvalue weighted by Gasteiger charge is 2.22. The minimum absolute atomic E-state index is 0.0497. The molecule has 0 spiro atoms. The summed E-state index contributed by atoms with van der Waals surface area (Å²) in [6.07, 6.45) is 0. The first-order valence-corrected chi connectivity index (χ1v) is 12.0. The lowest BCUT2D eigenvalue weighted by Gasteiger charge is -2.35. The maximum absolute atomic E-state index is 13.1. The number of carbonyl (C=O) groups excluding carboxylic acids is 1. The van der Waals surface area contributed by atoms with Crippen LogP contribution in [-0.2, 0) is 13.2 Å². The summed E-state index contributed by atoms with van der Waals surface area (Å²) in [5.74, 6) is 0.836. The van der Waals surface area contributed by atoms with E-state index < -0.39 is 0 Å². The van der Waals surface area contributed by atoms with Crippen LogP contribution in [-0.4, -0.2) is 41.9 Å². The minimum atomic E-state index is 0.0497. The number of aryl methyl sites for hydroxylation is 1. The number of piperazine rings is 1. The smallest absolute Gasteiger partial charge is 0.253 e. The zero-order valence-corrected chi connectivity index (χ0v) is 20.6. The Labute approximate surface area is 209 Å². The molecule has 33 heavy (non-hydrogen) atoms. The first kappa shape index (κ1) is 23.9. The third-order valence-corrected chi connectivity index (χ3v) is 6.73. The molecule has 0 N–H and O–H groups in total. The summed E-state index contributed by atoms with van der Waals surface area (Å²) in [4.78, 5) is 17.3. The third-order valence-electron chi connectivity index (χ3n) is 5.75. The number of carbonyl (C=O) groups is 1. The largest absolute Gasteiger partial charge is 0.489 e. The second-order valence-electron chi connectivity index (χ2n) is 8.22. The van der Waals surface area contributed by atoms with Crippen LogP contribution in [0.25, 0.3) is 0 Å². The standard InChI is InChI=1S/C26H25Cl3N2O2/c1-18-13-22(27)6-8-25(18)33-17-20-3-2-4-21(14-20)26(32)31-11-9-30(10-12-31)16-19-5-7-23(28)24(29)15-19/h2-8,13-15H,9-12,16-17H2,1H3. The highest BCUT2D eigenvalue weighted by atomic mass is 35.5. The van der Waals surface area contributed by atoms with E-state index in [1.54, 1.807) is 0 Å². The molecule has 0 unspecified atom stereocenters. The Kier molecular flexibility index (Phi) is 7.82. The topological polar surface area (TPSA) is 32.8 Å². The number of hydrogen-bond donors (Lipinski definition) is 0. The van der Waals surface area contributed by atoms with Crippen LogP contribution >= 0.6 is 34.8 Å². The highest BCUT2D eigenvalue weighted by Crippen LogP contribution is 2.24. The second-order valence-corrected chi connectivity index (χ2v) is 9.47. The summed E-state index contributed by atoms with van der Waals surface area (Å²) >= 11 is 18.2. The summed E-state index contributed by atoms with van der Waals surface area (Å²) in [6, 6.07) is 18.9. The lowest BCUT2D eigenvalue weighted by atomic mass is 10.1. The molecule has 0 aromatic heterocycles. The molecule has 7 heteroatoms. The molecule has 0 atom stereocenters. The summed E-state index contributed by atoms with van der Waals surface area (Å²) in [6.45, 7) is 6.13. The molecule has 3 aromatic carbocycles. The zero-order valence-electron chi connectivity index (χ0n) is 18.4. The molecule has 1 fully saturated rings. The zero-order chi connectivity index (χ0) is 23.4. The van der Waals surface area contributed by atoms with Gasteiger partial charge < -0.3 is 9.64 Å². The molecular weight excluding hydrogens is 479 g/mol. The first-order valence-electron chi connectivity index (χ1n) is 10.8. The highest BCUT2D eigenvalue weighted by molar-refractivity contribution is 6.42. The molecule has 4 nitrogen and oxygen atoms in total. The van der Waals surface area contributed by atoms with Gasteiger partial charge in [0.15, 0.2) is 0 Å². The van der Waals surface area contributed by atoms with Crippen LogP contribution in [0.4, 0.5) is 0 Å². The SMILES string of the molecule is Cc1cc(Cl)ccc1OCc1cccc(C(=O)N2CCN(Cc3ccc(Cl)c(Cl)c3)CC2)c1. The van der Waals surface area contributed by atoms with Gasteiger partial charge in [0, 0.05) is 43.3 Å². The Morgan fingerprint density at radius 3 is 2.39 bits per heavy atom. The van der Waals surface area contributed by atoms with Crippen LogP contribution in [0.1, 0.15) is 27.0 Å². The van der Waals surface area contributed by atoms with Gasteiger partial charge in [0.2, 0.25) is 0 Å². The van der Waals surface area contributed by atoms with Crippen molar-refractivity contribution in [3.8, 4) is 5.75 Å². The van der Waals surface area contributed by atoms with E-state index in [2.05, 4.69) is 4.90 Å². The maximum atomic E-state index is 13.1. The fourth-order valence-corrected chi connectivity index (χ4v) is 4.47. The average Bonchev–Trinajstić information content (AvgIpc) is 2.81. The molecule has 0 aliphatic carbocycles. The van der Waals surface area contributed by atoms with Crippen LogP contribution in [0.5, 0.6) is 5.75 Å². The molecule has 1 heterocycles. The monoisotopic (exact) mass is 502 g/mol. The predicted molar refractivity (Wildman–Crippen MR) is 135 cm³/mol. The van der Waals surface area contributed by atoms with E-state index in [0.717, 1.165) is 42.1 Å². The molecular formula is C26H25Cl3N2O2. The van der Waals surface area contributed by atoms with E-state index in [1.807, 2.05) is 72.5 Å². The number of hydrogen-bond acceptors (Lipinski definition) is 3. The maximum Gasteiger partial charge on any atom is 0.253 e. The quantitative estimate of drug-likeness (QED) is 0.385. The van der Waals surface area contributed by atoms with Gasteiger partial charge in [-0.15, -0.1) is 0 Å². The Hall–Kier alpha value is -2.24. The van der Waals surface area contributed by atoms with Gasteiger partial charge in [-0.05, 0) is 66.1 Å². The molecule has 3 aromatic rings. The molecule has 0 radical (unpaired) electrons. The minimum Gasteiger partial charge on any atom is -0.489 e. The van der Waals surface area contributed by atoms with Gasteiger partial charge in [0.1, 0.15) is 12.4 Å². The van der Waals surface area contributed by atoms with E-state index in [0.29, 0.717) is 40.3 Å². The molecule has 4 rings (SSSR count). The Morgan fingerprint density at radius 2 is 1.67 bits per heavy atom. The van der Waals surface area contributed by atoms with Crippen molar-refractivity contribution in [3.05, 3.63) is 98.0 Å². The van der Waals surface area contributed by atoms with E-state index in [-0.39, 0.29) is 5.91 Å². The lowest BCUT2D eigenvalue weighted by Crippen LogP contribution is -2.48. The molecule has 0 saturated carbocycles. The van der Waals surface area contributed by atoms with Crippen molar-refractivity contribution in [2.75, 3.05) is 26.2 Å². The third kappa shape index (κ3) is 6.21. The van der Waals surface area contributed by atoms with Gasteiger partial charge in [-0.1, -0.05) is 53.0 Å². The molecule has 1 aliphatic heterocycles. The summed E-state index contributed by atoms with van der Waals surface area (Å²) in [7, 11) is 0. The molecule has 1 saturated heterocycles. The predicted octanol–water partition coefficient (Wildman–Crippen LogP) is 6.49. The normalized spacial score (nSPS) is 14.4. The molecule has 0 bridgehead atoms. The summed E-state index contributed by atoms with van der Waals surface area (Å²) in [5, 5.41) is 1.81. The summed E-state index contributed by atoms with van der Waals surface area (Å²) in [5.41, 5.74) is 3.73. The van der Waals surface area contributed by atoms with Crippen LogP contribution in [0.15, 0.2) is 60.7 Å². The van der Waals surface area contributed by atoms with Crippen molar-refractivity contribution in [2.24, 2.45) is 0 Å². The number of ether oxygens (including phenoxy) is 1. The van der Waals surface area contributed by atoms with E-state index >= 15 is 0 Å². The Balaban J connectivity index is 1.32. The number of nitrogens with zero attached hydrogens (tertiary/aromatic N) is 2. The van der Waals surface area contributed by atoms with E-state index in [9.17, 15) is 4.79 Å². The average molecular weight is 504 g/mol. The number of benzene rings is 3. The fraction of sp³-hybridized carbons (Fsp3) is 0.269. The van der Waals surface area contributed by atoms with Crippen molar-refractivity contribution in [2.45, 2.75) is 20.1 Å². The van der Waals surface area contributed by atoms with E-state index in [1.165, 1.54) is 0 Å². The lowest BCUT2D eigenvalue weighted by molar-refractivity contribution is 0.0628. The van der Waals surface area contributed by atoms with Gasteiger partial charge >= 0.3 is 0 Å². The number of rotatable bonds is 6. The van der Waals surface area contributed by atoms with Crippen molar-refractivity contribution in [3.63, 3.8) is 0 Å². The van der Waals surface area contributed by atoms with Gasteiger partial charge in [-0.2, -0.15) is 0 Å². The van der Waals surface area contributed by atoms with Gasteiger partial charge in [0.05, 0.1) is 10.0 Å². The van der Waals surface area contributed by atoms with Crippen LogP contribution in [0.3, 0.4) is 0 Å². The second kappa shape index (κ2) is 10.8. The van der Waals surface area contributed by atoms with Crippen LogP contribution in [0.2, 0.25) is 15.1 Å². The van der Waals surface area contributed by atoms with Crippen molar-refractivity contribution >= 4 is 40.7 Å². The Bertz CT molecular complexity index is 1140.